The van der Waals surface area contributed by atoms with Gasteiger partial charge in [-0.15, -0.1) is 0 Å². The van der Waals surface area contributed by atoms with Crippen LogP contribution in [0.5, 0.6) is 0 Å². The van der Waals surface area contributed by atoms with Crippen LogP contribution in [-0.4, -0.2) is 43.9 Å². The smallest absolute Gasteiger partial charge is 0.326 e. The van der Waals surface area contributed by atoms with Gasteiger partial charge in [0.2, 0.25) is 10.0 Å². The van der Waals surface area contributed by atoms with E-state index >= 15 is 0 Å². The van der Waals surface area contributed by atoms with E-state index in [2.05, 4.69) is 4.72 Å². The van der Waals surface area contributed by atoms with Crippen molar-refractivity contribution in [1.82, 2.24) is 9.62 Å². The summed E-state index contributed by atoms with van der Waals surface area (Å²) < 4.78 is 32.6. The zero-order valence-electron chi connectivity index (χ0n) is 16.2. The fourth-order valence-electron chi connectivity index (χ4n) is 2.88. The second-order valence-electron chi connectivity index (χ2n) is 6.97. The van der Waals surface area contributed by atoms with Crippen LogP contribution in [0.1, 0.15) is 34.6 Å². The lowest BCUT2D eigenvalue weighted by atomic mass is 10.1. The number of nitrogens with zero attached hydrogens (tertiary/aromatic N) is 1. The first-order valence-corrected chi connectivity index (χ1v) is 10.9. The first kappa shape index (κ1) is 21.9. The molecule has 0 bridgehead atoms. The summed E-state index contributed by atoms with van der Waals surface area (Å²) in [6.07, 6.45) is 0. The number of hydrogen-bond donors (Lipinski definition) is 1. The SMILES string of the molecule is CC(C)C(NS(=O)(=O)c1ccc(Cl)cc1)C(=O)OCN1C(=O)c2ccccc2C1=O. The van der Waals surface area contributed by atoms with Gasteiger partial charge in [-0.05, 0) is 42.3 Å². The average molecular weight is 451 g/mol. The van der Waals surface area contributed by atoms with E-state index in [4.69, 9.17) is 16.3 Å². The normalized spacial score (nSPS) is 14.7. The first-order chi connectivity index (χ1) is 14.1. The van der Waals surface area contributed by atoms with Crippen LogP contribution in [0.2, 0.25) is 5.02 Å². The third-order valence-corrected chi connectivity index (χ3v) is 6.25. The Bertz CT molecular complexity index is 1060. The number of imide groups is 1. The molecular weight excluding hydrogens is 432 g/mol. The van der Waals surface area contributed by atoms with Gasteiger partial charge in [0.05, 0.1) is 16.0 Å². The van der Waals surface area contributed by atoms with Crippen molar-refractivity contribution in [2.75, 3.05) is 6.73 Å². The minimum Gasteiger partial charge on any atom is -0.442 e. The van der Waals surface area contributed by atoms with E-state index in [-0.39, 0.29) is 16.0 Å². The van der Waals surface area contributed by atoms with Gasteiger partial charge in [-0.3, -0.25) is 14.4 Å². The summed E-state index contributed by atoms with van der Waals surface area (Å²) in [5.74, 6) is -2.52. The van der Waals surface area contributed by atoms with E-state index in [1.54, 1.807) is 26.0 Å². The molecule has 1 atom stereocenters. The van der Waals surface area contributed by atoms with E-state index < -0.39 is 46.5 Å². The lowest BCUT2D eigenvalue weighted by Gasteiger charge is -2.22. The Balaban J connectivity index is 1.70. The highest BCUT2D eigenvalue weighted by molar-refractivity contribution is 7.89. The molecule has 2 aromatic carbocycles. The highest BCUT2D eigenvalue weighted by Gasteiger charge is 2.37. The van der Waals surface area contributed by atoms with Gasteiger partial charge in [0.15, 0.2) is 6.73 Å². The molecule has 0 fully saturated rings. The van der Waals surface area contributed by atoms with E-state index in [9.17, 15) is 22.8 Å². The molecule has 0 radical (unpaired) electrons. The van der Waals surface area contributed by atoms with Crippen LogP contribution in [0.15, 0.2) is 53.4 Å². The molecule has 8 nitrogen and oxygen atoms in total. The zero-order valence-corrected chi connectivity index (χ0v) is 17.7. The number of carbonyl (C=O) groups excluding carboxylic acids is 3. The lowest BCUT2D eigenvalue weighted by Crippen LogP contribution is -2.46. The standard InChI is InChI=1S/C20H19ClN2O6S/c1-12(2)17(22-30(27,28)14-9-7-13(21)8-10-14)20(26)29-11-23-18(24)15-5-3-4-6-16(15)19(23)25/h3-10,12,17,22H,11H2,1-2H3. The van der Waals surface area contributed by atoms with Gasteiger partial charge in [0.1, 0.15) is 6.04 Å². The van der Waals surface area contributed by atoms with Gasteiger partial charge >= 0.3 is 5.97 Å². The molecule has 0 spiro atoms. The Morgan fingerprint density at radius 3 is 2.07 bits per heavy atom. The molecule has 1 N–H and O–H groups in total. The Morgan fingerprint density at radius 1 is 1.03 bits per heavy atom. The van der Waals surface area contributed by atoms with Crippen molar-refractivity contribution >= 4 is 39.4 Å². The maximum absolute atomic E-state index is 12.6. The molecule has 0 saturated heterocycles. The molecule has 3 rings (SSSR count). The van der Waals surface area contributed by atoms with Gasteiger partial charge < -0.3 is 4.74 Å². The highest BCUT2D eigenvalue weighted by Crippen LogP contribution is 2.22. The summed E-state index contributed by atoms with van der Waals surface area (Å²) in [6.45, 7) is 2.66. The van der Waals surface area contributed by atoms with E-state index in [1.165, 1.54) is 36.4 Å². The van der Waals surface area contributed by atoms with Crippen LogP contribution >= 0.6 is 11.6 Å². The van der Waals surface area contributed by atoms with Crippen LogP contribution in [0.3, 0.4) is 0 Å². The molecule has 0 saturated carbocycles. The predicted octanol–water partition coefficient (Wildman–Crippen LogP) is 2.44. The molecule has 2 amide bonds. The minimum absolute atomic E-state index is 0.0642. The van der Waals surface area contributed by atoms with E-state index in [0.29, 0.717) is 5.02 Å². The van der Waals surface area contributed by atoms with Crippen LogP contribution in [0.25, 0.3) is 0 Å². The maximum atomic E-state index is 12.6. The van der Waals surface area contributed by atoms with Crippen molar-refractivity contribution in [1.29, 1.82) is 0 Å². The molecular formula is C20H19ClN2O6S. The topological polar surface area (TPSA) is 110 Å². The summed E-state index contributed by atoms with van der Waals surface area (Å²) in [6, 6.07) is 10.5. The summed E-state index contributed by atoms with van der Waals surface area (Å²) in [5.41, 5.74) is 0.449. The number of halogens is 1. The summed E-state index contributed by atoms with van der Waals surface area (Å²) in [4.78, 5) is 38.0. The predicted molar refractivity (Wildman–Crippen MR) is 108 cm³/mol. The monoisotopic (exact) mass is 450 g/mol. The quantitative estimate of drug-likeness (QED) is 0.512. The molecule has 1 heterocycles. The van der Waals surface area contributed by atoms with Crippen LogP contribution in [0.4, 0.5) is 0 Å². The number of carbonyl (C=O) groups is 3. The molecule has 1 aliphatic heterocycles. The fourth-order valence-corrected chi connectivity index (χ4v) is 4.34. The van der Waals surface area contributed by atoms with Crippen molar-refractivity contribution < 1.29 is 27.5 Å². The van der Waals surface area contributed by atoms with Gasteiger partial charge in [0.25, 0.3) is 11.8 Å². The maximum Gasteiger partial charge on any atom is 0.326 e. The average Bonchev–Trinajstić information content (AvgIpc) is 2.95. The number of benzene rings is 2. The van der Waals surface area contributed by atoms with Gasteiger partial charge in [0, 0.05) is 5.02 Å². The molecule has 30 heavy (non-hydrogen) atoms. The van der Waals surface area contributed by atoms with Crippen molar-refractivity contribution in [3.05, 3.63) is 64.7 Å². The van der Waals surface area contributed by atoms with Crippen LogP contribution in [-0.2, 0) is 19.6 Å². The van der Waals surface area contributed by atoms with Crippen molar-refractivity contribution in [3.8, 4) is 0 Å². The first-order valence-electron chi connectivity index (χ1n) is 9.01. The molecule has 158 valence electrons. The number of ether oxygens (including phenoxy) is 1. The van der Waals surface area contributed by atoms with Gasteiger partial charge in [-0.25, -0.2) is 13.3 Å². The summed E-state index contributed by atoms with van der Waals surface area (Å²) in [5, 5.41) is 0.370. The molecule has 1 aliphatic rings. The molecule has 10 heteroatoms. The van der Waals surface area contributed by atoms with Gasteiger partial charge in [-0.2, -0.15) is 4.72 Å². The van der Waals surface area contributed by atoms with Crippen LogP contribution in [0, 0.1) is 5.92 Å². The second kappa shape index (κ2) is 8.55. The zero-order chi connectivity index (χ0) is 22.1. The minimum atomic E-state index is -4.03. The lowest BCUT2D eigenvalue weighted by molar-refractivity contribution is -0.149. The Kier molecular flexibility index (Phi) is 6.25. The third-order valence-electron chi connectivity index (χ3n) is 4.54. The van der Waals surface area contributed by atoms with Crippen molar-refractivity contribution in [2.45, 2.75) is 24.8 Å². The van der Waals surface area contributed by atoms with E-state index in [0.717, 1.165) is 4.90 Å². The second-order valence-corrected chi connectivity index (χ2v) is 9.12. The van der Waals surface area contributed by atoms with Crippen molar-refractivity contribution in [3.63, 3.8) is 0 Å². The molecule has 0 aromatic heterocycles. The fraction of sp³-hybridized carbons (Fsp3) is 0.250. The molecule has 1 unspecified atom stereocenters. The third kappa shape index (κ3) is 4.38. The highest BCUT2D eigenvalue weighted by atomic mass is 35.5. The Morgan fingerprint density at radius 2 is 1.57 bits per heavy atom. The Hall–Kier alpha value is -2.75. The largest absolute Gasteiger partial charge is 0.442 e. The number of sulfonamides is 1. The van der Waals surface area contributed by atoms with Crippen molar-refractivity contribution in [2.24, 2.45) is 5.92 Å². The summed E-state index contributed by atoms with van der Waals surface area (Å²) in [7, 11) is -4.03. The number of esters is 1. The summed E-state index contributed by atoms with van der Waals surface area (Å²) >= 11 is 5.78. The van der Waals surface area contributed by atoms with E-state index in [1.807, 2.05) is 0 Å². The number of amides is 2. The number of rotatable bonds is 7. The number of hydrogen-bond acceptors (Lipinski definition) is 6. The molecule has 2 aromatic rings. The molecule has 0 aliphatic carbocycles. The number of fused-ring (bicyclic) bond motifs is 1. The van der Waals surface area contributed by atoms with Crippen LogP contribution < -0.4 is 4.72 Å². The number of nitrogens with one attached hydrogen (secondary N) is 1. The van der Waals surface area contributed by atoms with Gasteiger partial charge in [-0.1, -0.05) is 37.6 Å². The Labute approximate surface area is 178 Å².